The fraction of sp³-hybridized carbons (Fsp3) is 0.619. The van der Waals surface area contributed by atoms with Gasteiger partial charge in [-0.05, 0) is 59.0 Å². The van der Waals surface area contributed by atoms with Crippen LogP contribution in [0.5, 0.6) is 11.5 Å². The van der Waals surface area contributed by atoms with Crippen molar-refractivity contribution < 1.29 is 72.8 Å². The summed E-state index contributed by atoms with van der Waals surface area (Å²) in [6.45, 7) is 6.95. The normalized spacial score (nSPS) is 36.3. The van der Waals surface area contributed by atoms with Crippen LogP contribution >= 0.6 is 0 Å². The number of ketones is 3. The van der Waals surface area contributed by atoms with Gasteiger partial charge in [-0.15, -0.1) is 0 Å². The highest BCUT2D eigenvalue weighted by Crippen LogP contribution is 2.54. The van der Waals surface area contributed by atoms with Gasteiger partial charge in [-0.25, -0.2) is 0 Å². The number of fused-ring (bicyclic) bond motifs is 3. The third kappa shape index (κ3) is 7.47. The Balaban J connectivity index is 1.13. The van der Waals surface area contributed by atoms with E-state index in [1.54, 1.807) is 27.7 Å². The number of nitrogens with zero attached hydrogens (tertiary/aromatic N) is 1. The first-order valence-electron chi connectivity index (χ1n) is 19.9. The SMILES string of the molecule is CC[C@@]1(O)C[C@@H](O[C@H]2C[C@H](N(C)C)[C@H](O[C@H]3C[C@H](O)[C@H](O[C@H]4CCC(=O)[C@H](C)O4)[C@H](C)O3)[C@H](C)O2)c2c(cc3c(c2O)C(=O)c2c(O)cccc2C3=O)[C@@H]1C(=O)OC. The van der Waals surface area contributed by atoms with Gasteiger partial charge in [0.15, 0.2) is 30.4 Å². The zero-order chi connectivity index (χ0) is 42.0. The fourth-order valence-corrected chi connectivity index (χ4v) is 9.27. The Morgan fingerprint density at radius 1 is 0.897 bits per heavy atom. The van der Waals surface area contributed by atoms with E-state index in [0.29, 0.717) is 12.8 Å². The third-order valence-corrected chi connectivity index (χ3v) is 12.4. The van der Waals surface area contributed by atoms with E-state index < -0.39 is 102 Å². The van der Waals surface area contributed by atoms with E-state index in [2.05, 4.69) is 0 Å². The van der Waals surface area contributed by atoms with Crippen molar-refractivity contribution in [3.8, 4) is 11.5 Å². The molecule has 4 N–H and O–H groups in total. The summed E-state index contributed by atoms with van der Waals surface area (Å²) in [5.74, 6) is -4.59. The lowest BCUT2D eigenvalue weighted by Gasteiger charge is -2.48. The van der Waals surface area contributed by atoms with Gasteiger partial charge in [0, 0.05) is 54.8 Å². The third-order valence-electron chi connectivity index (χ3n) is 12.4. The quantitative estimate of drug-likeness (QED) is 0.228. The number of esters is 1. The zero-order valence-corrected chi connectivity index (χ0v) is 33.7. The summed E-state index contributed by atoms with van der Waals surface area (Å²) < 4.78 is 42.6. The van der Waals surface area contributed by atoms with Crippen LogP contribution in [-0.2, 0) is 42.7 Å². The van der Waals surface area contributed by atoms with E-state index in [1.807, 2.05) is 19.0 Å². The van der Waals surface area contributed by atoms with Crippen molar-refractivity contribution in [2.24, 2.45) is 0 Å². The molecule has 2 aromatic rings. The molecule has 3 heterocycles. The Morgan fingerprint density at radius 2 is 1.57 bits per heavy atom. The second kappa shape index (κ2) is 16.3. The molecule has 3 fully saturated rings. The summed E-state index contributed by atoms with van der Waals surface area (Å²) >= 11 is 0. The minimum Gasteiger partial charge on any atom is -0.507 e. The summed E-state index contributed by atoms with van der Waals surface area (Å²) in [4.78, 5) is 55.0. The maximum absolute atomic E-state index is 13.9. The monoisotopic (exact) mass is 811 g/mol. The lowest BCUT2D eigenvalue weighted by Crippen LogP contribution is -2.58. The Hall–Kier alpha value is -3.84. The van der Waals surface area contributed by atoms with Crippen molar-refractivity contribution in [1.29, 1.82) is 0 Å². The molecule has 316 valence electrons. The summed E-state index contributed by atoms with van der Waals surface area (Å²) in [5.41, 5.74) is -2.49. The molecule has 13 atom stereocenters. The smallest absolute Gasteiger partial charge is 0.316 e. The summed E-state index contributed by atoms with van der Waals surface area (Å²) in [7, 11) is 4.91. The Kier molecular flexibility index (Phi) is 11.9. The molecular formula is C42H53NO15. The number of benzene rings is 2. The van der Waals surface area contributed by atoms with Crippen LogP contribution in [0.15, 0.2) is 24.3 Å². The van der Waals surface area contributed by atoms with Crippen LogP contribution in [0, 0.1) is 0 Å². The number of hydrogen-bond acceptors (Lipinski definition) is 16. The highest BCUT2D eigenvalue weighted by atomic mass is 16.7. The summed E-state index contributed by atoms with van der Waals surface area (Å²) in [6, 6.07) is 5.11. The number of hydrogen-bond donors (Lipinski definition) is 4. The summed E-state index contributed by atoms with van der Waals surface area (Å²) in [6.07, 6.45) is -6.64. The van der Waals surface area contributed by atoms with Crippen molar-refractivity contribution in [1.82, 2.24) is 4.90 Å². The molecular weight excluding hydrogens is 758 g/mol. The molecule has 58 heavy (non-hydrogen) atoms. The molecule has 3 aliphatic heterocycles. The number of phenolic OH excluding ortho intramolecular Hbond substituents is 2. The van der Waals surface area contributed by atoms with Gasteiger partial charge in [-0.2, -0.15) is 0 Å². The molecule has 2 aromatic carbocycles. The minimum absolute atomic E-state index is 0.00573. The summed E-state index contributed by atoms with van der Waals surface area (Å²) in [5, 5.41) is 45.9. The lowest BCUT2D eigenvalue weighted by molar-refractivity contribution is -0.324. The highest BCUT2D eigenvalue weighted by molar-refractivity contribution is 6.30. The van der Waals surface area contributed by atoms with Crippen LogP contribution in [0.25, 0.3) is 0 Å². The van der Waals surface area contributed by atoms with Gasteiger partial charge in [0.25, 0.3) is 0 Å². The number of aliphatic hydroxyl groups excluding tert-OH is 1. The molecule has 16 heteroatoms. The average molecular weight is 812 g/mol. The lowest BCUT2D eigenvalue weighted by atomic mass is 9.67. The number of carbonyl (C=O) groups is 4. The van der Waals surface area contributed by atoms with E-state index in [1.165, 1.54) is 31.4 Å². The van der Waals surface area contributed by atoms with E-state index in [-0.39, 0.29) is 70.9 Å². The van der Waals surface area contributed by atoms with Crippen LogP contribution in [0.3, 0.4) is 0 Å². The number of rotatable bonds is 9. The molecule has 5 aliphatic rings. The molecule has 0 amide bonds. The largest absolute Gasteiger partial charge is 0.507 e. The maximum Gasteiger partial charge on any atom is 0.316 e. The van der Waals surface area contributed by atoms with E-state index in [4.69, 9.17) is 33.2 Å². The van der Waals surface area contributed by atoms with Crippen LogP contribution in [0.4, 0.5) is 0 Å². The number of likely N-dealkylation sites (N-methyl/N-ethyl adjacent to an activating group) is 1. The second-order valence-corrected chi connectivity index (χ2v) is 16.3. The van der Waals surface area contributed by atoms with E-state index in [0.717, 1.165) is 0 Å². The van der Waals surface area contributed by atoms with Crippen LogP contribution in [0.1, 0.15) is 121 Å². The predicted octanol–water partition coefficient (Wildman–Crippen LogP) is 3.16. The van der Waals surface area contributed by atoms with Crippen LogP contribution in [-0.4, -0.2) is 137 Å². The molecule has 0 bridgehead atoms. The molecule has 0 saturated carbocycles. The molecule has 0 radical (unpaired) electrons. The van der Waals surface area contributed by atoms with Gasteiger partial charge in [-0.1, -0.05) is 19.1 Å². The number of methoxy groups -OCH3 is 1. The van der Waals surface area contributed by atoms with Gasteiger partial charge in [0.2, 0.25) is 5.78 Å². The zero-order valence-electron chi connectivity index (χ0n) is 33.7. The molecule has 7 rings (SSSR count). The second-order valence-electron chi connectivity index (χ2n) is 16.3. The number of aromatic hydroxyl groups is 2. The standard InChI is InChI=1S/C42H53NO15/c1-8-42(51)17-28(33-22(35(42)41(50)52-7)14-23-34(38(33)49)37(48)32-21(36(23)47)10-9-11-26(32)45)56-30-15-24(43(5)6)39(19(3)54-30)58-31-16-27(46)40(20(4)55-31)57-29-13-12-25(44)18(2)53-29/h9-11,14,18-20,24,27-31,35,39-40,45-46,49,51H,8,12-13,15-17H2,1-7H3/t18-,19-,20-,24-,27-,28+,29-,30-,31-,35+,39+,40+,42+/m0/s1. The first-order chi connectivity index (χ1) is 27.5. The van der Waals surface area contributed by atoms with Gasteiger partial charge < -0.3 is 58.5 Å². The van der Waals surface area contributed by atoms with Crippen molar-refractivity contribution in [2.45, 2.75) is 145 Å². The Labute approximate surface area is 336 Å². The van der Waals surface area contributed by atoms with Crippen LogP contribution in [0.2, 0.25) is 0 Å². The number of carbonyl (C=O) groups excluding carboxylic acids is 4. The number of aliphatic hydroxyl groups is 2. The molecule has 2 aliphatic carbocycles. The van der Waals surface area contributed by atoms with Crippen molar-refractivity contribution in [3.63, 3.8) is 0 Å². The van der Waals surface area contributed by atoms with Crippen molar-refractivity contribution in [3.05, 3.63) is 57.6 Å². The van der Waals surface area contributed by atoms with Gasteiger partial charge in [0.1, 0.15) is 35.7 Å². The topological polar surface area (TPSA) is 217 Å². The van der Waals surface area contributed by atoms with Gasteiger partial charge >= 0.3 is 5.97 Å². The highest BCUT2D eigenvalue weighted by Gasteiger charge is 2.53. The van der Waals surface area contributed by atoms with E-state index >= 15 is 0 Å². The van der Waals surface area contributed by atoms with Crippen molar-refractivity contribution in [2.75, 3.05) is 21.2 Å². The van der Waals surface area contributed by atoms with Gasteiger partial charge in [0.05, 0.1) is 48.3 Å². The predicted molar refractivity (Wildman–Crippen MR) is 201 cm³/mol. The number of phenols is 2. The molecule has 0 unspecified atom stereocenters. The Morgan fingerprint density at radius 3 is 2.21 bits per heavy atom. The van der Waals surface area contributed by atoms with E-state index in [9.17, 15) is 39.6 Å². The first kappa shape index (κ1) is 42.3. The average Bonchev–Trinajstić information content (AvgIpc) is 3.17. The molecule has 0 aromatic heterocycles. The Bertz CT molecular complexity index is 1940. The fourth-order valence-electron chi connectivity index (χ4n) is 9.27. The maximum atomic E-state index is 13.9. The minimum atomic E-state index is -1.76. The van der Waals surface area contributed by atoms with Crippen LogP contribution < -0.4 is 0 Å². The van der Waals surface area contributed by atoms with Crippen molar-refractivity contribution >= 4 is 23.3 Å². The number of ether oxygens (including phenoxy) is 7. The number of Topliss-reactive ketones (excluding diaryl/α,β-unsaturated/α-hetero) is 1. The molecule has 3 saturated heterocycles. The molecule has 0 spiro atoms. The molecule has 16 nitrogen and oxygen atoms in total. The van der Waals surface area contributed by atoms with Gasteiger partial charge in [-0.3, -0.25) is 19.2 Å². The first-order valence-corrected chi connectivity index (χ1v) is 19.9.